The monoisotopic (exact) mass is 301 g/mol. The van der Waals surface area contributed by atoms with Crippen LogP contribution in [0.25, 0.3) is 0 Å². The van der Waals surface area contributed by atoms with Crippen LogP contribution in [0.4, 0.5) is 4.39 Å². The number of piperidine rings is 1. The lowest BCUT2D eigenvalue weighted by atomic mass is 10.1. The van der Waals surface area contributed by atoms with E-state index in [0.717, 1.165) is 10.4 Å². The number of benzene rings is 1. The second-order valence-corrected chi connectivity index (χ2v) is 6.77. The Labute approximate surface area is 117 Å². The Bertz CT molecular complexity index is 629. The number of carboxylic acids is 1. The molecule has 1 atom stereocenters. The van der Waals surface area contributed by atoms with Crippen molar-refractivity contribution in [2.75, 3.05) is 6.54 Å². The topological polar surface area (TPSA) is 74.7 Å². The number of hydrogen-bond donors (Lipinski definition) is 1. The number of sulfonamides is 1. The predicted octanol–water partition coefficient (Wildman–Crippen LogP) is 1.76. The molecule has 0 aromatic heterocycles. The minimum atomic E-state index is -3.98. The summed E-state index contributed by atoms with van der Waals surface area (Å²) in [5, 5.41) is 9.14. The van der Waals surface area contributed by atoms with Gasteiger partial charge in [0.25, 0.3) is 0 Å². The molecule has 1 aromatic carbocycles. The van der Waals surface area contributed by atoms with Crippen LogP contribution in [0.15, 0.2) is 23.1 Å². The fourth-order valence-electron chi connectivity index (χ4n) is 2.31. The van der Waals surface area contributed by atoms with Gasteiger partial charge in [0.05, 0.1) is 4.90 Å². The van der Waals surface area contributed by atoms with Crippen LogP contribution < -0.4 is 0 Å². The largest absolute Gasteiger partial charge is 0.480 e. The molecule has 0 saturated carbocycles. The minimum Gasteiger partial charge on any atom is -0.480 e. The summed E-state index contributed by atoms with van der Waals surface area (Å²) >= 11 is 0. The lowest BCUT2D eigenvalue weighted by molar-refractivity contribution is -0.142. The molecule has 7 heteroatoms. The van der Waals surface area contributed by atoms with E-state index in [-0.39, 0.29) is 17.9 Å². The van der Waals surface area contributed by atoms with Gasteiger partial charge >= 0.3 is 5.97 Å². The molecule has 0 bridgehead atoms. The van der Waals surface area contributed by atoms with Crippen LogP contribution in [0.2, 0.25) is 0 Å². The summed E-state index contributed by atoms with van der Waals surface area (Å²) in [6.45, 7) is 1.68. The number of aryl methyl sites for hydroxylation is 1. The maximum Gasteiger partial charge on any atom is 0.322 e. The molecule has 1 aliphatic heterocycles. The van der Waals surface area contributed by atoms with E-state index in [1.54, 1.807) is 0 Å². The number of carbonyl (C=O) groups is 1. The van der Waals surface area contributed by atoms with Crippen molar-refractivity contribution < 1.29 is 22.7 Å². The lowest BCUT2D eigenvalue weighted by Gasteiger charge is -2.31. The summed E-state index contributed by atoms with van der Waals surface area (Å²) < 4.78 is 39.4. The molecular weight excluding hydrogens is 285 g/mol. The number of carboxylic acid groups (broad SMARTS) is 1. The lowest BCUT2D eigenvalue weighted by Crippen LogP contribution is -2.47. The van der Waals surface area contributed by atoms with Gasteiger partial charge in [-0.25, -0.2) is 12.8 Å². The third-order valence-corrected chi connectivity index (χ3v) is 5.39. The summed E-state index contributed by atoms with van der Waals surface area (Å²) in [7, 11) is -3.98. The van der Waals surface area contributed by atoms with Gasteiger partial charge in [0.2, 0.25) is 10.0 Å². The van der Waals surface area contributed by atoms with Crippen LogP contribution in [0.3, 0.4) is 0 Å². The molecule has 0 amide bonds. The smallest absolute Gasteiger partial charge is 0.322 e. The molecular formula is C13H16FNO4S. The number of nitrogens with zero attached hydrogens (tertiary/aromatic N) is 1. The Balaban J connectivity index is 2.42. The zero-order valence-electron chi connectivity index (χ0n) is 11.0. The fraction of sp³-hybridized carbons (Fsp3) is 0.462. The molecule has 0 aliphatic carbocycles. The normalized spacial score (nSPS) is 20.8. The first-order chi connectivity index (χ1) is 9.34. The Kier molecular flexibility index (Phi) is 4.10. The first-order valence-electron chi connectivity index (χ1n) is 6.35. The standard InChI is InChI=1S/C13H16FNO4S/c1-9-5-6-10(8-11(9)14)20(18,19)15-7-3-2-4-12(15)13(16)17/h5-6,8,12H,2-4,7H2,1H3,(H,16,17)/t12-/m0/s1. The highest BCUT2D eigenvalue weighted by atomic mass is 32.2. The van der Waals surface area contributed by atoms with E-state index in [0.29, 0.717) is 18.4 Å². The highest BCUT2D eigenvalue weighted by Gasteiger charge is 2.37. The number of hydrogen-bond acceptors (Lipinski definition) is 3. The van der Waals surface area contributed by atoms with Gasteiger partial charge in [-0.05, 0) is 43.9 Å². The van der Waals surface area contributed by atoms with E-state index in [4.69, 9.17) is 5.11 Å². The molecule has 0 unspecified atom stereocenters. The van der Waals surface area contributed by atoms with Crippen LogP contribution >= 0.6 is 0 Å². The van der Waals surface area contributed by atoms with Crippen LogP contribution in [0.1, 0.15) is 24.8 Å². The van der Waals surface area contributed by atoms with E-state index >= 15 is 0 Å². The zero-order chi connectivity index (χ0) is 14.9. The van der Waals surface area contributed by atoms with Gasteiger partial charge in [0.15, 0.2) is 0 Å². The van der Waals surface area contributed by atoms with Crippen LogP contribution in [0, 0.1) is 12.7 Å². The molecule has 5 nitrogen and oxygen atoms in total. The Morgan fingerprint density at radius 2 is 2.10 bits per heavy atom. The molecule has 0 spiro atoms. The molecule has 0 radical (unpaired) electrons. The van der Waals surface area contributed by atoms with E-state index in [1.165, 1.54) is 19.1 Å². The van der Waals surface area contributed by atoms with Crippen LogP contribution in [-0.4, -0.2) is 36.4 Å². The third kappa shape index (κ3) is 2.69. The first kappa shape index (κ1) is 14.9. The molecule has 2 rings (SSSR count). The molecule has 1 aliphatic rings. The van der Waals surface area contributed by atoms with Crippen LogP contribution in [0.5, 0.6) is 0 Å². The summed E-state index contributed by atoms with van der Waals surface area (Å²) in [5.74, 6) is -1.78. The van der Waals surface area contributed by atoms with Gasteiger partial charge in [-0.15, -0.1) is 0 Å². The first-order valence-corrected chi connectivity index (χ1v) is 7.79. The van der Waals surface area contributed by atoms with Crippen molar-refractivity contribution in [3.05, 3.63) is 29.6 Å². The van der Waals surface area contributed by atoms with E-state index in [2.05, 4.69) is 0 Å². The maximum absolute atomic E-state index is 13.5. The van der Waals surface area contributed by atoms with Crippen molar-refractivity contribution in [3.63, 3.8) is 0 Å². The van der Waals surface area contributed by atoms with Crippen LogP contribution in [-0.2, 0) is 14.8 Å². The van der Waals surface area contributed by atoms with Gasteiger partial charge in [0.1, 0.15) is 11.9 Å². The molecule has 1 saturated heterocycles. The SMILES string of the molecule is Cc1ccc(S(=O)(=O)N2CCCC[C@H]2C(=O)O)cc1F. The van der Waals surface area contributed by atoms with Crippen molar-refractivity contribution in [2.24, 2.45) is 0 Å². The predicted molar refractivity (Wildman–Crippen MR) is 70.3 cm³/mol. The van der Waals surface area contributed by atoms with Crippen molar-refractivity contribution in [1.29, 1.82) is 0 Å². The molecule has 1 heterocycles. The Hall–Kier alpha value is -1.47. The molecule has 1 N–H and O–H groups in total. The van der Waals surface area contributed by atoms with E-state index in [1.807, 2.05) is 0 Å². The Morgan fingerprint density at radius 3 is 2.70 bits per heavy atom. The molecule has 1 fully saturated rings. The molecule has 110 valence electrons. The maximum atomic E-state index is 13.5. The average Bonchev–Trinajstić information content (AvgIpc) is 2.41. The average molecular weight is 301 g/mol. The third-order valence-electron chi connectivity index (χ3n) is 3.49. The highest BCUT2D eigenvalue weighted by molar-refractivity contribution is 7.89. The number of halogens is 1. The Morgan fingerprint density at radius 1 is 1.40 bits per heavy atom. The molecule has 20 heavy (non-hydrogen) atoms. The number of aliphatic carboxylic acids is 1. The van der Waals surface area contributed by atoms with E-state index < -0.39 is 27.9 Å². The summed E-state index contributed by atoms with van der Waals surface area (Å²) in [4.78, 5) is 11.0. The molecule has 1 aromatic rings. The van der Waals surface area contributed by atoms with Gasteiger partial charge in [-0.3, -0.25) is 4.79 Å². The van der Waals surface area contributed by atoms with Gasteiger partial charge in [-0.2, -0.15) is 4.31 Å². The van der Waals surface area contributed by atoms with Crippen molar-refractivity contribution in [2.45, 2.75) is 37.1 Å². The summed E-state index contributed by atoms with van der Waals surface area (Å²) in [6, 6.07) is 2.56. The second kappa shape index (κ2) is 5.49. The van der Waals surface area contributed by atoms with Crippen molar-refractivity contribution in [1.82, 2.24) is 4.31 Å². The van der Waals surface area contributed by atoms with Crippen molar-refractivity contribution >= 4 is 16.0 Å². The summed E-state index contributed by atoms with van der Waals surface area (Å²) in [5.41, 5.74) is 0.345. The number of rotatable bonds is 3. The fourth-order valence-corrected chi connectivity index (χ4v) is 3.97. The quantitative estimate of drug-likeness (QED) is 0.923. The van der Waals surface area contributed by atoms with Gasteiger partial charge in [-0.1, -0.05) is 6.07 Å². The minimum absolute atomic E-state index is 0.148. The van der Waals surface area contributed by atoms with E-state index in [9.17, 15) is 17.6 Å². The second-order valence-electron chi connectivity index (χ2n) is 4.88. The highest BCUT2D eigenvalue weighted by Crippen LogP contribution is 2.26. The van der Waals surface area contributed by atoms with Gasteiger partial charge in [0, 0.05) is 6.54 Å². The van der Waals surface area contributed by atoms with Gasteiger partial charge < -0.3 is 5.11 Å². The zero-order valence-corrected chi connectivity index (χ0v) is 11.9. The summed E-state index contributed by atoms with van der Waals surface area (Å²) in [6.07, 6.45) is 1.56. The van der Waals surface area contributed by atoms with Crippen molar-refractivity contribution in [3.8, 4) is 0 Å².